The molecular weight excluding hydrogens is 232 g/mol. The molecule has 2 nitrogen and oxygen atoms in total. The number of H-pyrrole nitrogens is 1. The Morgan fingerprint density at radius 2 is 1.95 bits per heavy atom. The number of aromatic nitrogens is 1. The predicted octanol–water partition coefficient (Wildman–Crippen LogP) is 4.11. The largest absolute Gasteiger partial charge is 0.361 e. The molecule has 0 spiro atoms. The SMILES string of the molecule is CC(C)C(CCCCN)Cc1c[nH]c2ccccc12. The van der Waals surface area contributed by atoms with Crippen molar-refractivity contribution in [3.05, 3.63) is 36.0 Å². The van der Waals surface area contributed by atoms with Crippen molar-refractivity contribution < 1.29 is 0 Å². The van der Waals surface area contributed by atoms with E-state index < -0.39 is 0 Å². The smallest absolute Gasteiger partial charge is 0.0456 e. The molecule has 0 aliphatic heterocycles. The van der Waals surface area contributed by atoms with E-state index in [9.17, 15) is 0 Å². The maximum Gasteiger partial charge on any atom is 0.0456 e. The molecule has 2 heteroatoms. The highest BCUT2D eigenvalue weighted by Gasteiger charge is 2.15. The van der Waals surface area contributed by atoms with Gasteiger partial charge in [0, 0.05) is 17.1 Å². The van der Waals surface area contributed by atoms with E-state index >= 15 is 0 Å². The maximum atomic E-state index is 5.60. The average Bonchev–Trinajstić information content (AvgIpc) is 2.81. The van der Waals surface area contributed by atoms with Crippen molar-refractivity contribution in [2.75, 3.05) is 6.54 Å². The molecule has 0 amide bonds. The molecule has 104 valence electrons. The van der Waals surface area contributed by atoms with E-state index in [1.807, 2.05) is 0 Å². The summed E-state index contributed by atoms with van der Waals surface area (Å²) in [5.74, 6) is 1.48. The molecule has 0 aliphatic rings. The second-order valence-corrected chi connectivity index (χ2v) is 5.85. The van der Waals surface area contributed by atoms with Crippen LogP contribution in [0, 0.1) is 11.8 Å². The third-order valence-corrected chi connectivity index (χ3v) is 4.13. The number of rotatable bonds is 7. The summed E-state index contributed by atoms with van der Waals surface area (Å²) in [6.45, 7) is 5.49. The molecule has 0 radical (unpaired) electrons. The number of unbranched alkanes of at least 4 members (excludes halogenated alkanes) is 1. The highest BCUT2D eigenvalue weighted by molar-refractivity contribution is 5.83. The van der Waals surface area contributed by atoms with Gasteiger partial charge in [0.1, 0.15) is 0 Å². The van der Waals surface area contributed by atoms with Gasteiger partial charge >= 0.3 is 0 Å². The standard InChI is InChI=1S/C17H26N2/c1-13(2)14(7-5-6-10-18)11-15-12-19-17-9-4-3-8-16(15)17/h3-4,8-9,12-14,19H,5-7,10-11,18H2,1-2H3. The molecular formula is C17H26N2. The van der Waals surface area contributed by atoms with Gasteiger partial charge in [-0.2, -0.15) is 0 Å². The lowest BCUT2D eigenvalue weighted by Gasteiger charge is -2.20. The summed E-state index contributed by atoms with van der Waals surface area (Å²) in [7, 11) is 0. The van der Waals surface area contributed by atoms with Crippen molar-refractivity contribution in [2.24, 2.45) is 17.6 Å². The number of hydrogen-bond acceptors (Lipinski definition) is 1. The molecule has 1 aromatic heterocycles. The van der Waals surface area contributed by atoms with Crippen LogP contribution in [0.5, 0.6) is 0 Å². The van der Waals surface area contributed by atoms with Gasteiger partial charge < -0.3 is 10.7 Å². The van der Waals surface area contributed by atoms with E-state index in [1.54, 1.807) is 0 Å². The minimum Gasteiger partial charge on any atom is -0.361 e. The van der Waals surface area contributed by atoms with Crippen LogP contribution < -0.4 is 5.73 Å². The first kappa shape index (κ1) is 14.1. The summed E-state index contributed by atoms with van der Waals surface area (Å²) in [5, 5.41) is 1.38. The van der Waals surface area contributed by atoms with Crippen molar-refractivity contribution in [3.8, 4) is 0 Å². The zero-order valence-electron chi connectivity index (χ0n) is 12.2. The van der Waals surface area contributed by atoms with Gasteiger partial charge in [-0.3, -0.25) is 0 Å². The number of fused-ring (bicyclic) bond motifs is 1. The molecule has 1 unspecified atom stereocenters. The summed E-state index contributed by atoms with van der Waals surface area (Å²) >= 11 is 0. The van der Waals surface area contributed by atoms with Crippen molar-refractivity contribution in [1.29, 1.82) is 0 Å². The lowest BCUT2D eigenvalue weighted by Crippen LogP contribution is -2.12. The van der Waals surface area contributed by atoms with Gasteiger partial charge in [0.05, 0.1) is 0 Å². The van der Waals surface area contributed by atoms with Crippen molar-refractivity contribution in [1.82, 2.24) is 4.98 Å². The molecule has 1 atom stereocenters. The number of nitrogens with one attached hydrogen (secondary N) is 1. The van der Waals surface area contributed by atoms with E-state index in [4.69, 9.17) is 5.73 Å². The van der Waals surface area contributed by atoms with Crippen LogP contribution in [0.15, 0.2) is 30.5 Å². The van der Waals surface area contributed by atoms with E-state index in [0.717, 1.165) is 24.8 Å². The minimum atomic E-state index is 0.728. The van der Waals surface area contributed by atoms with Crippen LogP contribution in [0.1, 0.15) is 38.7 Å². The van der Waals surface area contributed by atoms with Gasteiger partial charge in [-0.05, 0) is 49.3 Å². The number of nitrogens with two attached hydrogens (primary N) is 1. The highest BCUT2D eigenvalue weighted by atomic mass is 14.7. The zero-order valence-corrected chi connectivity index (χ0v) is 12.2. The topological polar surface area (TPSA) is 41.8 Å². The Hall–Kier alpha value is -1.28. The van der Waals surface area contributed by atoms with Gasteiger partial charge in [-0.25, -0.2) is 0 Å². The van der Waals surface area contributed by atoms with Gasteiger partial charge in [-0.1, -0.05) is 38.5 Å². The van der Waals surface area contributed by atoms with E-state index in [-0.39, 0.29) is 0 Å². The van der Waals surface area contributed by atoms with Crippen LogP contribution >= 0.6 is 0 Å². The van der Waals surface area contributed by atoms with Crippen LogP contribution in [0.4, 0.5) is 0 Å². The van der Waals surface area contributed by atoms with Gasteiger partial charge in [-0.15, -0.1) is 0 Å². The second-order valence-electron chi connectivity index (χ2n) is 5.85. The van der Waals surface area contributed by atoms with Crippen molar-refractivity contribution in [2.45, 2.75) is 39.5 Å². The fraction of sp³-hybridized carbons (Fsp3) is 0.529. The molecule has 0 aliphatic carbocycles. The molecule has 0 bridgehead atoms. The summed E-state index contributed by atoms with van der Waals surface area (Å²) in [6.07, 6.45) is 7.04. The Morgan fingerprint density at radius 1 is 1.16 bits per heavy atom. The first-order valence-electron chi connectivity index (χ1n) is 7.47. The third kappa shape index (κ3) is 3.60. The normalized spacial score (nSPS) is 13.3. The Kier molecular flexibility index (Phi) is 5.03. The van der Waals surface area contributed by atoms with Crippen LogP contribution in [-0.4, -0.2) is 11.5 Å². The first-order valence-corrected chi connectivity index (χ1v) is 7.47. The number of benzene rings is 1. The molecule has 0 saturated heterocycles. The quantitative estimate of drug-likeness (QED) is 0.721. The number of para-hydroxylation sites is 1. The first-order chi connectivity index (χ1) is 9.22. The predicted molar refractivity (Wildman–Crippen MR) is 83.2 cm³/mol. The number of aromatic amines is 1. The van der Waals surface area contributed by atoms with Gasteiger partial charge in [0.25, 0.3) is 0 Å². The van der Waals surface area contributed by atoms with Crippen LogP contribution in [0.2, 0.25) is 0 Å². The molecule has 2 rings (SSSR count). The lowest BCUT2D eigenvalue weighted by molar-refractivity contribution is 0.347. The highest BCUT2D eigenvalue weighted by Crippen LogP contribution is 2.27. The Balaban J connectivity index is 2.08. The van der Waals surface area contributed by atoms with E-state index in [1.165, 1.54) is 35.7 Å². The minimum absolute atomic E-state index is 0.728. The Labute approximate surface area is 116 Å². The van der Waals surface area contributed by atoms with Crippen molar-refractivity contribution >= 4 is 10.9 Å². The molecule has 1 aromatic carbocycles. The molecule has 0 saturated carbocycles. The monoisotopic (exact) mass is 258 g/mol. The fourth-order valence-electron chi connectivity index (χ4n) is 2.80. The lowest BCUT2D eigenvalue weighted by atomic mass is 9.85. The molecule has 0 fully saturated rings. The van der Waals surface area contributed by atoms with Crippen LogP contribution in [0.3, 0.4) is 0 Å². The van der Waals surface area contributed by atoms with Crippen LogP contribution in [-0.2, 0) is 6.42 Å². The van der Waals surface area contributed by atoms with Crippen molar-refractivity contribution in [3.63, 3.8) is 0 Å². The Morgan fingerprint density at radius 3 is 2.68 bits per heavy atom. The molecule has 19 heavy (non-hydrogen) atoms. The summed E-state index contributed by atoms with van der Waals surface area (Å²) < 4.78 is 0. The van der Waals surface area contributed by atoms with E-state index in [0.29, 0.717) is 0 Å². The summed E-state index contributed by atoms with van der Waals surface area (Å²) in [4.78, 5) is 3.38. The van der Waals surface area contributed by atoms with Gasteiger partial charge in [0.15, 0.2) is 0 Å². The van der Waals surface area contributed by atoms with Crippen LogP contribution in [0.25, 0.3) is 10.9 Å². The Bertz CT molecular complexity index is 499. The summed E-state index contributed by atoms with van der Waals surface area (Å²) in [6, 6.07) is 8.58. The molecule has 1 heterocycles. The third-order valence-electron chi connectivity index (χ3n) is 4.13. The summed E-state index contributed by atoms with van der Waals surface area (Å²) in [5.41, 5.74) is 8.31. The molecule has 2 aromatic rings. The number of hydrogen-bond donors (Lipinski definition) is 2. The molecule has 3 N–H and O–H groups in total. The maximum absolute atomic E-state index is 5.60. The second kappa shape index (κ2) is 6.76. The van der Waals surface area contributed by atoms with E-state index in [2.05, 4.69) is 49.3 Å². The zero-order chi connectivity index (χ0) is 13.7. The average molecular weight is 258 g/mol. The van der Waals surface area contributed by atoms with Gasteiger partial charge in [0.2, 0.25) is 0 Å². The fourth-order valence-corrected chi connectivity index (χ4v) is 2.80.